The van der Waals surface area contributed by atoms with Crippen LogP contribution in [0.25, 0.3) is 11.1 Å². The molecule has 5 nitrogen and oxygen atoms in total. The maximum absolute atomic E-state index is 14.6. The number of hydrogen-bond acceptors (Lipinski definition) is 4. The lowest BCUT2D eigenvalue weighted by Gasteiger charge is -2.17. The molecule has 7 heteroatoms. The summed E-state index contributed by atoms with van der Waals surface area (Å²) < 4.78 is 27.4. The summed E-state index contributed by atoms with van der Waals surface area (Å²) in [6, 6.07) is 10.6. The van der Waals surface area contributed by atoms with E-state index in [1.54, 1.807) is 44.3 Å². The molecule has 0 aliphatic rings. The van der Waals surface area contributed by atoms with Crippen molar-refractivity contribution in [2.24, 2.45) is 0 Å². The fourth-order valence-corrected chi connectivity index (χ4v) is 2.99. The molecular weight excluding hydrogens is 388 g/mol. The Hall–Kier alpha value is -3.48. The molecule has 0 fully saturated rings. The first kappa shape index (κ1) is 21.2. The van der Waals surface area contributed by atoms with Crippen molar-refractivity contribution >= 4 is 17.4 Å². The Morgan fingerprint density at radius 1 is 1.00 bits per heavy atom. The van der Waals surface area contributed by atoms with E-state index in [4.69, 9.17) is 0 Å². The molecule has 2 heterocycles. The highest BCUT2D eigenvalue weighted by atomic mass is 19.1. The first-order chi connectivity index (χ1) is 14.4. The fourth-order valence-electron chi connectivity index (χ4n) is 2.99. The number of rotatable bonds is 7. The Kier molecular flexibility index (Phi) is 6.61. The van der Waals surface area contributed by atoms with Crippen LogP contribution < -0.4 is 4.90 Å². The van der Waals surface area contributed by atoms with Crippen LogP contribution in [0, 0.1) is 11.8 Å². The van der Waals surface area contributed by atoms with E-state index < -0.39 is 11.8 Å². The monoisotopic (exact) mass is 409 g/mol. The number of anilines is 1. The van der Waals surface area contributed by atoms with Crippen molar-refractivity contribution in [2.75, 3.05) is 11.9 Å². The van der Waals surface area contributed by atoms with Crippen LogP contribution in [0.3, 0.4) is 0 Å². The van der Waals surface area contributed by atoms with Crippen LogP contribution in [0.2, 0.25) is 0 Å². The first-order valence-electron chi connectivity index (χ1n) is 9.55. The van der Waals surface area contributed by atoms with Crippen molar-refractivity contribution in [3.8, 4) is 11.1 Å². The van der Waals surface area contributed by atoms with Crippen molar-refractivity contribution in [3.63, 3.8) is 0 Å². The largest absolute Gasteiger partial charge is 0.315 e. The van der Waals surface area contributed by atoms with Gasteiger partial charge in [0.05, 0.1) is 0 Å². The lowest BCUT2D eigenvalue weighted by Crippen LogP contribution is -2.25. The molecule has 0 saturated carbocycles. The number of Topliss-reactive ketones (excluding diaryl/α,β-unsaturated/α-hetero) is 1. The molecule has 0 saturated heterocycles. The quantitative estimate of drug-likeness (QED) is 0.422. The first-order valence-corrected chi connectivity index (χ1v) is 9.55. The SMILES string of the molecule is CCC(=O)N(C)c1ccc(-c2ccc(C(=O)CCc3ccc(F)nc3)nc2)c(F)c1. The number of carbonyl (C=O) groups is 2. The summed E-state index contributed by atoms with van der Waals surface area (Å²) in [6.45, 7) is 1.74. The van der Waals surface area contributed by atoms with Gasteiger partial charge in [-0.2, -0.15) is 4.39 Å². The molecule has 30 heavy (non-hydrogen) atoms. The highest BCUT2D eigenvalue weighted by Crippen LogP contribution is 2.26. The van der Waals surface area contributed by atoms with Crippen molar-refractivity contribution in [1.29, 1.82) is 0 Å². The summed E-state index contributed by atoms with van der Waals surface area (Å²) in [7, 11) is 1.60. The van der Waals surface area contributed by atoms with Crippen LogP contribution in [-0.2, 0) is 11.2 Å². The van der Waals surface area contributed by atoms with Crippen LogP contribution in [0.15, 0.2) is 54.9 Å². The van der Waals surface area contributed by atoms with E-state index in [1.807, 2.05) is 0 Å². The second kappa shape index (κ2) is 9.35. The third-order valence-electron chi connectivity index (χ3n) is 4.81. The molecule has 0 spiro atoms. The molecule has 154 valence electrons. The van der Waals surface area contributed by atoms with E-state index in [-0.39, 0.29) is 23.8 Å². The van der Waals surface area contributed by atoms with Crippen LogP contribution in [-0.4, -0.2) is 28.7 Å². The molecule has 1 aromatic carbocycles. The van der Waals surface area contributed by atoms with Gasteiger partial charge in [-0.3, -0.25) is 14.6 Å². The number of amides is 1. The van der Waals surface area contributed by atoms with Gasteiger partial charge in [-0.1, -0.05) is 19.1 Å². The highest BCUT2D eigenvalue weighted by molar-refractivity contribution is 5.95. The van der Waals surface area contributed by atoms with Gasteiger partial charge in [0, 0.05) is 49.1 Å². The lowest BCUT2D eigenvalue weighted by molar-refractivity contribution is -0.118. The molecule has 2 aromatic heterocycles. The normalized spacial score (nSPS) is 10.7. The van der Waals surface area contributed by atoms with Gasteiger partial charge in [0.2, 0.25) is 11.9 Å². The summed E-state index contributed by atoms with van der Waals surface area (Å²) in [6.07, 6.45) is 3.82. The smallest absolute Gasteiger partial charge is 0.226 e. The van der Waals surface area contributed by atoms with Gasteiger partial charge < -0.3 is 4.90 Å². The van der Waals surface area contributed by atoms with Gasteiger partial charge in [-0.15, -0.1) is 0 Å². The number of aryl methyl sites for hydroxylation is 1. The molecule has 1 amide bonds. The Bertz CT molecular complexity index is 1050. The second-order valence-corrected chi connectivity index (χ2v) is 6.81. The van der Waals surface area contributed by atoms with E-state index in [9.17, 15) is 18.4 Å². The van der Waals surface area contributed by atoms with Crippen LogP contribution in [0.1, 0.15) is 35.8 Å². The van der Waals surface area contributed by atoms with E-state index in [0.717, 1.165) is 5.56 Å². The van der Waals surface area contributed by atoms with Gasteiger partial charge in [0.15, 0.2) is 5.78 Å². The fraction of sp³-hybridized carbons (Fsp3) is 0.217. The van der Waals surface area contributed by atoms with E-state index in [1.165, 1.54) is 29.4 Å². The van der Waals surface area contributed by atoms with Gasteiger partial charge in [0.25, 0.3) is 0 Å². The topological polar surface area (TPSA) is 63.2 Å². The van der Waals surface area contributed by atoms with Crippen molar-refractivity contribution in [2.45, 2.75) is 26.2 Å². The zero-order valence-electron chi connectivity index (χ0n) is 16.7. The number of nitrogens with zero attached hydrogens (tertiary/aromatic N) is 3. The van der Waals surface area contributed by atoms with Crippen molar-refractivity contribution < 1.29 is 18.4 Å². The number of aromatic nitrogens is 2. The van der Waals surface area contributed by atoms with Crippen LogP contribution in [0.5, 0.6) is 0 Å². The lowest BCUT2D eigenvalue weighted by atomic mass is 10.0. The average Bonchev–Trinajstić information content (AvgIpc) is 2.77. The third-order valence-corrected chi connectivity index (χ3v) is 4.81. The number of hydrogen-bond donors (Lipinski definition) is 0. The highest BCUT2D eigenvalue weighted by Gasteiger charge is 2.14. The minimum absolute atomic E-state index is 0.108. The number of halogens is 2. The zero-order chi connectivity index (χ0) is 21.7. The molecule has 0 aliphatic carbocycles. The summed E-state index contributed by atoms with van der Waals surface area (Å²) in [5.74, 6) is -1.32. The number of carbonyl (C=O) groups excluding carboxylic acids is 2. The predicted molar refractivity (Wildman–Crippen MR) is 110 cm³/mol. The van der Waals surface area contributed by atoms with Gasteiger partial charge in [0.1, 0.15) is 11.5 Å². The standard InChI is InChI=1S/C23H21F2N3O2/c1-3-23(30)28(2)17-7-8-18(19(24)12-17)16-6-9-20(26-14-16)21(29)10-4-15-5-11-22(25)27-13-15/h5-9,11-14H,3-4,10H2,1-2H3. The maximum atomic E-state index is 14.6. The van der Waals surface area contributed by atoms with Crippen LogP contribution in [0.4, 0.5) is 14.5 Å². The minimum atomic E-state index is -0.564. The minimum Gasteiger partial charge on any atom is -0.315 e. The Labute approximate surface area is 173 Å². The van der Waals surface area contributed by atoms with E-state index in [2.05, 4.69) is 9.97 Å². The van der Waals surface area contributed by atoms with Crippen molar-refractivity contribution in [1.82, 2.24) is 9.97 Å². The molecule has 0 bridgehead atoms. The Balaban J connectivity index is 1.69. The molecule has 0 atom stereocenters. The molecule has 0 unspecified atom stereocenters. The average molecular weight is 409 g/mol. The van der Waals surface area contributed by atoms with Crippen LogP contribution >= 0.6 is 0 Å². The molecule has 3 aromatic rings. The number of ketones is 1. The molecule has 0 radical (unpaired) electrons. The summed E-state index contributed by atoms with van der Waals surface area (Å²) >= 11 is 0. The molecule has 0 N–H and O–H groups in total. The van der Waals surface area contributed by atoms with Crippen molar-refractivity contribution in [3.05, 3.63) is 77.9 Å². The molecular formula is C23H21F2N3O2. The summed E-state index contributed by atoms with van der Waals surface area (Å²) in [5.41, 5.74) is 2.37. The third kappa shape index (κ3) is 4.92. The molecule has 3 rings (SSSR count). The molecule has 0 aliphatic heterocycles. The maximum Gasteiger partial charge on any atom is 0.226 e. The Morgan fingerprint density at radius 3 is 2.40 bits per heavy atom. The zero-order valence-corrected chi connectivity index (χ0v) is 16.7. The predicted octanol–water partition coefficient (Wildman–Crippen LogP) is 4.61. The van der Waals surface area contributed by atoms with Gasteiger partial charge in [-0.05, 0) is 42.3 Å². The van der Waals surface area contributed by atoms with Gasteiger partial charge in [-0.25, -0.2) is 9.37 Å². The number of benzene rings is 1. The second-order valence-electron chi connectivity index (χ2n) is 6.81. The van der Waals surface area contributed by atoms with E-state index in [0.29, 0.717) is 29.7 Å². The summed E-state index contributed by atoms with van der Waals surface area (Å²) in [5, 5.41) is 0. The Morgan fingerprint density at radius 2 is 1.80 bits per heavy atom. The van der Waals surface area contributed by atoms with E-state index >= 15 is 0 Å². The number of pyridine rings is 2. The summed E-state index contributed by atoms with van der Waals surface area (Å²) in [4.78, 5) is 33.3. The van der Waals surface area contributed by atoms with Gasteiger partial charge >= 0.3 is 0 Å².